The minimum absolute atomic E-state index is 0.0764. The van der Waals surface area contributed by atoms with Gasteiger partial charge < -0.3 is 16.2 Å². The van der Waals surface area contributed by atoms with Crippen molar-refractivity contribution in [3.63, 3.8) is 0 Å². The van der Waals surface area contributed by atoms with E-state index < -0.39 is 5.91 Å². The average molecular weight is 212 g/mol. The highest BCUT2D eigenvalue weighted by Gasteiger charge is 2.14. The zero-order chi connectivity index (χ0) is 11.6. The van der Waals surface area contributed by atoms with E-state index in [1.54, 1.807) is 0 Å². The number of anilines is 1. The van der Waals surface area contributed by atoms with Gasteiger partial charge in [0.15, 0.2) is 5.69 Å². The third-order valence-corrected chi connectivity index (χ3v) is 1.65. The molecular formula is C9H16N4O2. The molecule has 0 fully saturated rings. The lowest BCUT2D eigenvalue weighted by Gasteiger charge is -2.19. The van der Waals surface area contributed by atoms with E-state index in [0.717, 1.165) is 0 Å². The first-order chi connectivity index (χ1) is 6.79. The van der Waals surface area contributed by atoms with Gasteiger partial charge in [-0.05, 0) is 20.8 Å². The monoisotopic (exact) mass is 212 g/mol. The lowest BCUT2D eigenvalue weighted by Crippen LogP contribution is -2.21. The van der Waals surface area contributed by atoms with Gasteiger partial charge in [0.25, 0.3) is 5.91 Å². The van der Waals surface area contributed by atoms with Gasteiger partial charge in [-0.15, -0.1) is 0 Å². The topological polar surface area (TPSA) is 96.2 Å². The Morgan fingerprint density at radius 1 is 1.60 bits per heavy atom. The molecule has 1 rings (SSSR count). The number of amides is 1. The van der Waals surface area contributed by atoms with E-state index in [1.807, 2.05) is 20.8 Å². The first kappa shape index (κ1) is 11.5. The molecule has 0 saturated heterocycles. The van der Waals surface area contributed by atoms with Crippen LogP contribution in [-0.4, -0.2) is 21.3 Å². The first-order valence-corrected chi connectivity index (χ1v) is 4.56. The molecule has 1 aromatic rings. The molecule has 0 radical (unpaired) electrons. The van der Waals surface area contributed by atoms with Gasteiger partial charge in [-0.2, -0.15) is 5.10 Å². The summed E-state index contributed by atoms with van der Waals surface area (Å²) in [6.07, 6.45) is 1.52. The smallest absolute Gasteiger partial charge is 0.271 e. The average Bonchev–Trinajstić information content (AvgIpc) is 2.42. The number of nitrogens with zero attached hydrogens (tertiary/aromatic N) is 2. The van der Waals surface area contributed by atoms with Crippen LogP contribution >= 0.6 is 0 Å². The third kappa shape index (κ3) is 3.25. The van der Waals surface area contributed by atoms with Crippen LogP contribution in [0.5, 0.6) is 0 Å². The summed E-state index contributed by atoms with van der Waals surface area (Å²) in [7, 11) is 0. The molecular weight excluding hydrogens is 196 g/mol. The van der Waals surface area contributed by atoms with Crippen LogP contribution in [0.15, 0.2) is 6.20 Å². The van der Waals surface area contributed by atoms with E-state index in [2.05, 4.69) is 5.10 Å². The van der Waals surface area contributed by atoms with Gasteiger partial charge in [-0.3, -0.25) is 4.79 Å². The van der Waals surface area contributed by atoms with Crippen LogP contribution in [0, 0.1) is 0 Å². The number of hydrogen-bond donors (Lipinski definition) is 2. The molecule has 1 aromatic heterocycles. The van der Waals surface area contributed by atoms with Gasteiger partial charge in [-0.1, -0.05) is 0 Å². The fraction of sp³-hybridized carbons (Fsp3) is 0.556. The van der Waals surface area contributed by atoms with E-state index in [9.17, 15) is 4.79 Å². The molecule has 1 heterocycles. The lowest BCUT2D eigenvalue weighted by molar-refractivity contribution is -0.0480. The molecule has 0 aliphatic heterocycles. The number of rotatable bonds is 3. The highest BCUT2D eigenvalue weighted by atomic mass is 16.5. The maximum Gasteiger partial charge on any atom is 0.271 e. The molecule has 0 aliphatic rings. The van der Waals surface area contributed by atoms with E-state index in [-0.39, 0.29) is 23.7 Å². The van der Waals surface area contributed by atoms with Crippen molar-refractivity contribution in [2.24, 2.45) is 5.73 Å². The van der Waals surface area contributed by atoms with Gasteiger partial charge in [0.05, 0.1) is 17.5 Å². The van der Waals surface area contributed by atoms with E-state index >= 15 is 0 Å². The minimum atomic E-state index is -0.637. The second-order valence-corrected chi connectivity index (χ2v) is 4.22. The van der Waals surface area contributed by atoms with Gasteiger partial charge >= 0.3 is 0 Å². The van der Waals surface area contributed by atoms with Crippen molar-refractivity contribution in [2.75, 3.05) is 5.73 Å². The second-order valence-electron chi connectivity index (χ2n) is 4.22. The summed E-state index contributed by atoms with van der Waals surface area (Å²) in [6, 6.07) is 0. The zero-order valence-electron chi connectivity index (χ0n) is 9.15. The van der Waals surface area contributed by atoms with Crippen molar-refractivity contribution in [1.29, 1.82) is 0 Å². The SMILES string of the molecule is CC(C)(C)OCn1cc(N)c(C(N)=O)n1. The van der Waals surface area contributed by atoms with Crippen molar-refractivity contribution >= 4 is 11.6 Å². The summed E-state index contributed by atoms with van der Waals surface area (Å²) < 4.78 is 6.90. The van der Waals surface area contributed by atoms with Gasteiger partial charge in [0.1, 0.15) is 6.73 Å². The summed E-state index contributed by atoms with van der Waals surface area (Å²) in [6.45, 7) is 6.01. The fourth-order valence-corrected chi connectivity index (χ4v) is 0.954. The van der Waals surface area contributed by atoms with Crippen LogP contribution in [0.1, 0.15) is 31.3 Å². The van der Waals surface area contributed by atoms with Gasteiger partial charge in [-0.25, -0.2) is 4.68 Å². The molecule has 6 heteroatoms. The van der Waals surface area contributed by atoms with Gasteiger partial charge in [0, 0.05) is 0 Å². The largest absolute Gasteiger partial charge is 0.396 e. The molecule has 4 N–H and O–H groups in total. The minimum Gasteiger partial charge on any atom is -0.396 e. The summed E-state index contributed by atoms with van der Waals surface area (Å²) in [5.74, 6) is -0.637. The molecule has 0 spiro atoms. The number of primary amides is 1. The fourth-order valence-electron chi connectivity index (χ4n) is 0.954. The molecule has 0 bridgehead atoms. The molecule has 0 saturated carbocycles. The number of nitrogens with two attached hydrogens (primary N) is 2. The first-order valence-electron chi connectivity index (χ1n) is 4.56. The normalized spacial score (nSPS) is 11.7. The van der Waals surface area contributed by atoms with E-state index in [0.29, 0.717) is 0 Å². The second kappa shape index (κ2) is 3.90. The summed E-state index contributed by atoms with van der Waals surface area (Å²) >= 11 is 0. The van der Waals surface area contributed by atoms with Gasteiger partial charge in [0.2, 0.25) is 0 Å². The van der Waals surface area contributed by atoms with Crippen molar-refractivity contribution in [1.82, 2.24) is 9.78 Å². The number of aromatic nitrogens is 2. The molecule has 84 valence electrons. The number of hydrogen-bond acceptors (Lipinski definition) is 4. The predicted molar refractivity (Wildman–Crippen MR) is 56.0 cm³/mol. The summed E-state index contributed by atoms with van der Waals surface area (Å²) in [5.41, 5.74) is 10.7. The predicted octanol–water partition coefficient (Wildman–Crippen LogP) is 0.337. The van der Waals surface area contributed by atoms with Crippen LogP contribution in [0.25, 0.3) is 0 Å². The number of carbonyl (C=O) groups excluding carboxylic acids is 1. The quantitative estimate of drug-likeness (QED) is 0.754. The maximum atomic E-state index is 10.9. The van der Waals surface area contributed by atoms with Crippen LogP contribution < -0.4 is 11.5 Å². The number of carbonyl (C=O) groups is 1. The van der Waals surface area contributed by atoms with Crippen molar-refractivity contribution in [2.45, 2.75) is 33.1 Å². The summed E-state index contributed by atoms with van der Waals surface area (Å²) in [5, 5.41) is 3.90. The Kier molecular flexibility index (Phi) is 2.99. The number of nitrogen functional groups attached to an aromatic ring is 1. The Balaban J connectivity index is 2.72. The molecule has 6 nitrogen and oxygen atoms in total. The van der Waals surface area contributed by atoms with Crippen LogP contribution in [0.3, 0.4) is 0 Å². The van der Waals surface area contributed by atoms with Crippen molar-refractivity contribution < 1.29 is 9.53 Å². The van der Waals surface area contributed by atoms with Crippen LogP contribution in [0.4, 0.5) is 5.69 Å². The zero-order valence-corrected chi connectivity index (χ0v) is 9.15. The Bertz CT molecular complexity index is 365. The van der Waals surface area contributed by atoms with E-state index in [4.69, 9.17) is 16.2 Å². The van der Waals surface area contributed by atoms with Crippen LogP contribution in [0.2, 0.25) is 0 Å². The highest BCUT2D eigenvalue weighted by Crippen LogP contribution is 2.11. The molecule has 15 heavy (non-hydrogen) atoms. The van der Waals surface area contributed by atoms with Crippen molar-refractivity contribution in [3.8, 4) is 0 Å². The maximum absolute atomic E-state index is 10.9. The standard InChI is InChI=1S/C9H16N4O2/c1-9(2,3)15-5-13-4-6(10)7(12-13)8(11)14/h4H,5,10H2,1-3H3,(H2,11,14). The van der Waals surface area contributed by atoms with Crippen LogP contribution in [-0.2, 0) is 11.5 Å². The lowest BCUT2D eigenvalue weighted by atomic mass is 10.2. The van der Waals surface area contributed by atoms with Crippen molar-refractivity contribution in [3.05, 3.63) is 11.9 Å². The Morgan fingerprint density at radius 3 is 2.60 bits per heavy atom. The molecule has 0 aromatic carbocycles. The Morgan fingerprint density at radius 2 is 2.20 bits per heavy atom. The Hall–Kier alpha value is -1.56. The molecule has 0 unspecified atom stereocenters. The summed E-state index contributed by atoms with van der Waals surface area (Å²) in [4.78, 5) is 10.9. The number of ether oxygens (including phenoxy) is 1. The molecule has 0 aliphatic carbocycles. The highest BCUT2D eigenvalue weighted by molar-refractivity contribution is 5.95. The van der Waals surface area contributed by atoms with E-state index in [1.165, 1.54) is 10.9 Å². The third-order valence-electron chi connectivity index (χ3n) is 1.65. The molecule has 1 amide bonds. The Labute approximate surface area is 88.2 Å². The molecule has 0 atom stereocenters.